The molecule has 110 valence electrons. The zero-order chi connectivity index (χ0) is 15.4. The summed E-state index contributed by atoms with van der Waals surface area (Å²) >= 11 is 11.6. The van der Waals surface area contributed by atoms with E-state index >= 15 is 0 Å². The minimum atomic E-state index is -0.979. The first kappa shape index (κ1) is 15.6. The second-order valence-electron chi connectivity index (χ2n) is 4.50. The van der Waals surface area contributed by atoms with Gasteiger partial charge in [-0.15, -0.1) is 0 Å². The molecule has 3 nitrogen and oxygen atoms in total. The fourth-order valence-electron chi connectivity index (χ4n) is 1.98. The SMILES string of the molecule is O=C(O)CN(Cc1cc(F)cc(Cl)c1)c1ccc(Cl)cc1. The molecule has 0 aliphatic rings. The normalized spacial score (nSPS) is 10.4. The standard InChI is InChI=1S/C15H12Cl2FNO2/c16-11-1-3-14(4-2-11)19(9-15(20)21)8-10-5-12(17)7-13(18)6-10/h1-7H,8-9H2,(H,20,21). The monoisotopic (exact) mass is 327 g/mol. The van der Waals surface area contributed by atoms with E-state index in [0.29, 0.717) is 16.3 Å². The molecule has 21 heavy (non-hydrogen) atoms. The van der Waals surface area contributed by atoms with E-state index in [9.17, 15) is 9.18 Å². The van der Waals surface area contributed by atoms with Crippen molar-refractivity contribution >= 4 is 34.9 Å². The molecule has 1 N–H and O–H groups in total. The van der Waals surface area contributed by atoms with Gasteiger partial charge in [0.1, 0.15) is 12.4 Å². The van der Waals surface area contributed by atoms with Gasteiger partial charge in [-0.1, -0.05) is 23.2 Å². The first-order valence-electron chi connectivity index (χ1n) is 6.11. The maximum atomic E-state index is 13.4. The predicted octanol–water partition coefficient (Wildman–Crippen LogP) is 4.22. The van der Waals surface area contributed by atoms with Crippen LogP contribution in [0, 0.1) is 5.82 Å². The van der Waals surface area contributed by atoms with Gasteiger partial charge in [0.25, 0.3) is 0 Å². The summed E-state index contributed by atoms with van der Waals surface area (Å²) in [7, 11) is 0. The number of carbonyl (C=O) groups is 1. The van der Waals surface area contributed by atoms with E-state index in [2.05, 4.69) is 0 Å². The molecule has 0 amide bonds. The maximum Gasteiger partial charge on any atom is 0.323 e. The largest absolute Gasteiger partial charge is 0.480 e. The third-order valence-corrected chi connectivity index (χ3v) is 3.28. The first-order chi connectivity index (χ1) is 9.94. The Kier molecular flexibility index (Phi) is 5.04. The Labute approximate surface area is 131 Å². The van der Waals surface area contributed by atoms with E-state index in [1.54, 1.807) is 35.2 Å². The molecule has 0 heterocycles. The lowest BCUT2D eigenvalue weighted by Crippen LogP contribution is -2.29. The average molecular weight is 328 g/mol. The number of hydrogen-bond donors (Lipinski definition) is 1. The van der Waals surface area contributed by atoms with Crippen LogP contribution in [0.4, 0.5) is 10.1 Å². The number of anilines is 1. The molecule has 0 atom stereocenters. The molecule has 2 aromatic carbocycles. The summed E-state index contributed by atoms with van der Waals surface area (Å²) in [5, 5.41) is 9.85. The van der Waals surface area contributed by atoms with Crippen molar-refractivity contribution in [2.45, 2.75) is 6.54 Å². The van der Waals surface area contributed by atoms with Crippen LogP contribution in [0.3, 0.4) is 0 Å². The molecular formula is C15H12Cl2FNO2. The lowest BCUT2D eigenvalue weighted by atomic mass is 10.2. The Morgan fingerprint density at radius 1 is 1.10 bits per heavy atom. The summed E-state index contributed by atoms with van der Waals surface area (Å²) in [5.41, 5.74) is 1.28. The van der Waals surface area contributed by atoms with Crippen LogP contribution < -0.4 is 4.90 Å². The second-order valence-corrected chi connectivity index (χ2v) is 5.38. The van der Waals surface area contributed by atoms with Crippen molar-refractivity contribution in [3.63, 3.8) is 0 Å². The molecular weight excluding hydrogens is 316 g/mol. The molecule has 2 aromatic rings. The zero-order valence-corrected chi connectivity index (χ0v) is 12.4. The minimum absolute atomic E-state index is 0.213. The van der Waals surface area contributed by atoms with Gasteiger partial charge in [0.05, 0.1) is 0 Å². The Balaban J connectivity index is 2.27. The molecule has 0 spiro atoms. The van der Waals surface area contributed by atoms with Gasteiger partial charge in [-0.25, -0.2) is 4.39 Å². The molecule has 0 unspecified atom stereocenters. The van der Waals surface area contributed by atoms with Crippen LogP contribution in [0.15, 0.2) is 42.5 Å². The fraction of sp³-hybridized carbons (Fsp3) is 0.133. The number of hydrogen-bond acceptors (Lipinski definition) is 2. The van der Waals surface area contributed by atoms with Crippen LogP contribution in [0.25, 0.3) is 0 Å². The van der Waals surface area contributed by atoms with Crippen molar-refractivity contribution in [3.8, 4) is 0 Å². The topological polar surface area (TPSA) is 40.5 Å². The molecule has 0 aliphatic heterocycles. The minimum Gasteiger partial charge on any atom is -0.480 e. The summed E-state index contributed by atoms with van der Waals surface area (Å²) in [6.45, 7) is 0.0151. The van der Waals surface area contributed by atoms with Gasteiger partial charge in [0.2, 0.25) is 0 Å². The van der Waals surface area contributed by atoms with Crippen LogP contribution in [0.1, 0.15) is 5.56 Å². The van der Waals surface area contributed by atoms with E-state index in [-0.39, 0.29) is 18.1 Å². The summed E-state index contributed by atoms with van der Waals surface area (Å²) in [6, 6.07) is 10.9. The van der Waals surface area contributed by atoms with Gasteiger partial charge < -0.3 is 10.0 Å². The number of nitrogens with zero attached hydrogens (tertiary/aromatic N) is 1. The average Bonchev–Trinajstić information content (AvgIpc) is 2.37. The number of carboxylic acids is 1. The summed E-state index contributed by atoms with van der Waals surface area (Å²) < 4.78 is 13.4. The highest BCUT2D eigenvalue weighted by Crippen LogP contribution is 2.22. The molecule has 0 radical (unpaired) electrons. The Morgan fingerprint density at radius 2 is 1.76 bits per heavy atom. The molecule has 0 fully saturated rings. The summed E-state index contributed by atoms with van der Waals surface area (Å²) in [5.74, 6) is -1.43. The first-order valence-corrected chi connectivity index (χ1v) is 6.87. The highest BCUT2D eigenvalue weighted by atomic mass is 35.5. The van der Waals surface area contributed by atoms with Crippen LogP contribution >= 0.6 is 23.2 Å². The molecule has 0 saturated carbocycles. The van der Waals surface area contributed by atoms with E-state index in [1.165, 1.54) is 12.1 Å². The van der Waals surface area contributed by atoms with Crippen molar-refractivity contribution in [1.29, 1.82) is 0 Å². The van der Waals surface area contributed by atoms with Gasteiger partial charge in [-0.2, -0.15) is 0 Å². The number of rotatable bonds is 5. The van der Waals surface area contributed by atoms with E-state index < -0.39 is 11.8 Å². The quantitative estimate of drug-likeness (QED) is 0.893. The molecule has 6 heteroatoms. The zero-order valence-electron chi connectivity index (χ0n) is 10.9. The Bertz CT molecular complexity index is 626. The third-order valence-electron chi connectivity index (χ3n) is 2.81. The number of halogens is 3. The predicted molar refractivity (Wildman–Crippen MR) is 81.5 cm³/mol. The smallest absolute Gasteiger partial charge is 0.323 e. The van der Waals surface area contributed by atoms with Crippen LogP contribution in [-0.4, -0.2) is 17.6 Å². The molecule has 0 aromatic heterocycles. The van der Waals surface area contributed by atoms with Gasteiger partial charge >= 0.3 is 5.97 Å². The van der Waals surface area contributed by atoms with Gasteiger partial charge in [-0.05, 0) is 48.0 Å². The number of benzene rings is 2. The Hall–Kier alpha value is -1.78. The molecule has 2 rings (SSSR count). The van der Waals surface area contributed by atoms with E-state index in [4.69, 9.17) is 28.3 Å². The molecule has 0 saturated heterocycles. The van der Waals surface area contributed by atoms with E-state index in [1.807, 2.05) is 0 Å². The van der Waals surface area contributed by atoms with Crippen LogP contribution in [-0.2, 0) is 11.3 Å². The second kappa shape index (κ2) is 6.78. The van der Waals surface area contributed by atoms with Gasteiger partial charge in [0, 0.05) is 22.3 Å². The van der Waals surface area contributed by atoms with Gasteiger partial charge in [0.15, 0.2) is 0 Å². The summed E-state index contributed by atoms with van der Waals surface area (Å²) in [6.07, 6.45) is 0. The molecule has 0 bridgehead atoms. The van der Waals surface area contributed by atoms with E-state index in [0.717, 1.165) is 0 Å². The van der Waals surface area contributed by atoms with Crippen molar-refractivity contribution in [2.24, 2.45) is 0 Å². The van der Waals surface area contributed by atoms with Crippen molar-refractivity contribution in [3.05, 3.63) is 63.9 Å². The van der Waals surface area contributed by atoms with Crippen LogP contribution in [0.5, 0.6) is 0 Å². The molecule has 0 aliphatic carbocycles. The summed E-state index contributed by atoms with van der Waals surface area (Å²) in [4.78, 5) is 12.6. The third kappa shape index (κ3) is 4.62. The van der Waals surface area contributed by atoms with Crippen molar-refractivity contribution in [2.75, 3.05) is 11.4 Å². The number of carboxylic acid groups (broad SMARTS) is 1. The van der Waals surface area contributed by atoms with Crippen LogP contribution in [0.2, 0.25) is 10.0 Å². The van der Waals surface area contributed by atoms with Crippen molar-refractivity contribution in [1.82, 2.24) is 0 Å². The number of aliphatic carboxylic acids is 1. The maximum absolute atomic E-state index is 13.4. The highest BCUT2D eigenvalue weighted by Gasteiger charge is 2.12. The Morgan fingerprint density at radius 3 is 2.33 bits per heavy atom. The lowest BCUT2D eigenvalue weighted by molar-refractivity contribution is -0.135. The lowest BCUT2D eigenvalue weighted by Gasteiger charge is -2.23. The van der Waals surface area contributed by atoms with Gasteiger partial charge in [-0.3, -0.25) is 4.79 Å². The van der Waals surface area contributed by atoms with Crippen molar-refractivity contribution < 1.29 is 14.3 Å². The highest BCUT2D eigenvalue weighted by molar-refractivity contribution is 6.30. The fourth-order valence-corrected chi connectivity index (χ4v) is 2.35.